The van der Waals surface area contributed by atoms with Crippen molar-refractivity contribution >= 4 is 11.6 Å². The Balaban J connectivity index is 2.18. The van der Waals surface area contributed by atoms with Crippen molar-refractivity contribution in [3.63, 3.8) is 0 Å². The number of anilines is 1. The van der Waals surface area contributed by atoms with Gasteiger partial charge in [0.2, 0.25) is 5.76 Å². The van der Waals surface area contributed by atoms with Crippen LogP contribution in [0, 0.1) is 13.8 Å². The van der Waals surface area contributed by atoms with Crippen LogP contribution in [-0.2, 0) is 0 Å². The molecule has 4 heteroatoms. The van der Waals surface area contributed by atoms with Gasteiger partial charge in [-0.3, -0.25) is 4.79 Å². The predicted molar refractivity (Wildman–Crippen MR) is 60.4 cm³/mol. The SMILES string of the molecule is Cc1ccc(NC(=O)c2cnco2)c(C)c1. The second kappa shape index (κ2) is 4.18. The topological polar surface area (TPSA) is 55.1 Å². The molecule has 0 saturated carbocycles. The first-order valence-corrected chi connectivity index (χ1v) is 4.94. The van der Waals surface area contributed by atoms with E-state index in [1.165, 1.54) is 12.6 Å². The van der Waals surface area contributed by atoms with Crippen LogP contribution in [0.25, 0.3) is 0 Å². The molecule has 1 amide bonds. The largest absolute Gasteiger partial charge is 0.438 e. The molecule has 0 atom stereocenters. The molecule has 0 spiro atoms. The zero-order valence-electron chi connectivity index (χ0n) is 9.15. The summed E-state index contributed by atoms with van der Waals surface area (Å²) < 4.78 is 4.91. The quantitative estimate of drug-likeness (QED) is 0.839. The van der Waals surface area contributed by atoms with E-state index in [1.807, 2.05) is 32.0 Å². The number of hydrogen-bond acceptors (Lipinski definition) is 3. The standard InChI is InChI=1S/C12H12N2O2/c1-8-3-4-10(9(2)5-8)14-12(15)11-6-13-7-16-11/h3-7H,1-2H3,(H,14,15). The number of oxazole rings is 1. The van der Waals surface area contributed by atoms with Crippen LogP contribution < -0.4 is 5.32 Å². The lowest BCUT2D eigenvalue weighted by molar-refractivity contribution is 0.0996. The van der Waals surface area contributed by atoms with E-state index >= 15 is 0 Å². The lowest BCUT2D eigenvalue weighted by Crippen LogP contribution is -2.11. The van der Waals surface area contributed by atoms with Gasteiger partial charge < -0.3 is 9.73 Å². The molecular formula is C12H12N2O2. The fraction of sp³-hybridized carbons (Fsp3) is 0.167. The van der Waals surface area contributed by atoms with Crippen LogP contribution >= 0.6 is 0 Å². The van der Waals surface area contributed by atoms with Crippen LogP contribution in [0.1, 0.15) is 21.7 Å². The number of rotatable bonds is 2. The molecule has 4 nitrogen and oxygen atoms in total. The Labute approximate surface area is 93.3 Å². The van der Waals surface area contributed by atoms with Gasteiger partial charge in [0.15, 0.2) is 6.39 Å². The smallest absolute Gasteiger partial charge is 0.293 e. The second-order valence-electron chi connectivity index (χ2n) is 3.64. The van der Waals surface area contributed by atoms with Gasteiger partial charge in [-0.05, 0) is 25.5 Å². The van der Waals surface area contributed by atoms with Gasteiger partial charge >= 0.3 is 0 Å². The molecule has 0 fully saturated rings. The van der Waals surface area contributed by atoms with Gasteiger partial charge in [-0.15, -0.1) is 0 Å². The molecule has 0 radical (unpaired) electrons. The van der Waals surface area contributed by atoms with Crippen LogP contribution in [0.2, 0.25) is 0 Å². The van der Waals surface area contributed by atoms with E-state index in [0.29, 0.717) is 0 Å². The van der Waals surface area contributed by atoms with Crippen molar-refractivity contribution in [2.75, 3.05) is 5.32 Å². The summed E-state index contributed by atoms with van der Waals surface area (Å²) in [6.45, 7) is 3.96. The highest BCUT2D eigenvalue weighted by Gasteiger charge is 2.10. The minimum absolute atomic E-state index is 0.208. The molecule has 0 aliphatic rings. The zero-order valence-corrected chi connectivity index (χ0v) is 9.15. The lowest BCUT2D eigenvalue weighted by atomic mass is 10.1. The van der Waals surface area contributed by atoms with E-state index in [1.54, 1.807) is 0 Å². The number of hydrogen-bond donors (Lipinski definition) is 1. The van der Waals surface area contributed by atoms with Crippen molar-refractivity contribution in [1.82, 2.24) is 4.98 Å². The minimum atomic E-state index is -0.288. The summed E-state index contributed by atoms with van der Waals surface area (Å²) >= 11 is 0. The molecule has 1 N–H and O–H groups in total. The van der Waals surface area contributed by atoms with Crippen LogP contribution in [-0.4, -0.2) is 10.9 Å². The number of benzene rings is 1. The van der Waals surface area contributed by atoms with Crippen LogP contribution in [0.15, 0.2) is 35.2 Å². The van der Waals surface area contributed by atoms with E-state index in [2.05, 4.69) is 10.3 Å². The maximum absolute atomic E-state index is 11.7. The van der Waals surface area contributed by atoms with Gasteiger partial charge in [-0.1, -0.05) is 17.7 Å². The van der Waals surface area contributed by atoms with Crippen LogP contribution in [0.5, 0.6) is 0 Å². The van der Waals surface area contributed by atoms with Crippen molar-refractivity contribution in [3.05, 3.63) is 47.7 Å². The minimum Gasteiger partial charge on any atom is -0.438 e. The first kappa shape index (κ1) is 10.4. The molecule has 2 rings (SSSR count). The Kier molecular flexibility index (Phi) is 2.72. The second-order valence-corrected chi connectivity index (χ2v) is 3.64. The third-order valence-electron chi connectivity index (χ3n) is 2.29. The van der Waals surface area contributed by atoms with Gasteiger partial charge in [0.1, 0.15) is 0 Å². The number of aryl methyl sites for hydroxylation is 2. The predicted octanol–water partition coefficient (Wildman–Crippen LogP) is 2.54. The number of nitrogens with zero attached hydrogens (tertiary/aromatic N) is 1. The summed E-state index contributed by atoms with van der Waals surface area (Å²) in [4.78, 5) is 15.4. The molecule has 0 unspecified atom stereocenters. The highest BCUT2D eigenvalue weighted by atomic mass is 16.3. The maximum Gasteiger partial charge on any atom is 0.293 e. The highest BCUT2D eigenvalue weighted by Crippen LogP contribution is 2.16. The molecule has 1 aromatic heterocycles. The van der Waals surface area contributed by atoms with Gasteiger partial charge in [-0.25, -0.2) is 4.98 Å². The molecule has 0 saturated heterocycles. The molecule has 2 aromatic rings. The first-order valence-electron chi connectivity index (χ1n) is 4.94. The maximum atomic E-state index is 11.7. The zero-order chi connectivity index (χ0) is 11.5. The van der Waals surface area contributed by atoms with Crippen LogP contribution in [0.3, 0.4) is 0 Å². The highest BCUT2D eigenvalue weighted by molar-refractivity contribution is 6.02. The molecule has 16 heavy (non-hydrogen) atoms. The number of amides is 1. The third kappa shape index (κ3) is 2.11. The van der Waals surface area contributed by atoms with Crippen molar-refractivity contribution in [2.24, 2.45) is 0 Å². The van der Waals surface area contributed by atoms with E-state index in [-0.39, 0.29) is 11.7 Å². The third-order valence-corrected chi connectivity index (χ3v) is 2.29. The normalized spacial score (nSPS) is 10.1. The Morgan fingerprint density at radius 3 is 2.81 bits per heavy atom. The van der Waals surface area contributed by atoms with Gasteiger partial charge in [-0.2, -0.15) is 0 Å². The monoisotopic (exact) mass is 216 g/mol. The molecule has 0 aliphatic heterocycles. The van der Waals surface area contributed by atoms with Crippen molar-refractivity contribution in [3.8, 4) is 0 Å². The Morgan fingerprint density at radius 1 is 1.38 bits per heavy atom. The average molecular weight is 216 g/mol. The van der Waals surface area contributed by atoms with Gasteiger partial charge in [0.05, 0.1) is 6.20 Å². The van der Waals surface area contributed by atoms with Gasteiger partial charge in [0.25, 0.3) is 5.91 Å². The lowest BCUT2D eigenvalue weighted by Gasteiger charge is -2.07. The van der Waals surface area contributed by atoms with Crippen molar-refractivity contribution in [2.45, 2.75) is 13.8 Å². The summed E-state index contributed by atoms with van der Waals surface area (Å²) in [5.41, 5.74) is 2.97. The Morgan fingerprint density at radius 2 is 2.19 bits per heavy atom. The molecule has 1 heterocycles. The fourth-order valence-corrected chi connectivity index (χ4v) is 1.47. The summed E-state index contributed by atoms with van der Waals surface area (Å²) in [5, 5.41) is 2.77. The average Bonchev–Trinajstić information content (AvgIpc) is 2.75. The number of nitrogens with one attached hydrogen (secondary N) is 1. The van der Waals surface area contributed by atoms with E-state index in [0.717, 1.165) is 16.8 Å². The molecule has 0 bridgehead atoms. The Hall–Kier alpha value is -2.10. The summed E-state index contributed by atoms with van der Waals surface area (Å²) in [6.07, 6.45) is 2.62. The van der Waals surface area contributed by atoms with Gasteiger partial charge in [0, 0.05) is 5.69 Å². The number of carbonyl (C=O) groups is 1. The molecular weight excluding hydrogens is 204 g/mol. The fourth-order valence-electron chi connectivity index (χ4n) is 1.47. The summed E-state index contributed by atoms with van der Waals surface area (Å²) in [7, 11) is 0. The van der Waals surface area contributed by atoms with Crippen LogP contribution in [0.4, 0.5) is 5.69 Å². The molecule has 1 aromatic carbocycles. The van der Waals surface area contributed by atoms with E-state index in [4.69, 9.17) is 4.42 Å². The summed E-state index contributed by atoms with van der Waals surface area (Å²) in [5.74, 6) is -0.0792. The molecule has 82 valence electrons. The molecule has 0 aliphatic carbocycles. The Bertz CT molecular complexity index is 504. The first-order chi connectivity index (χ1) is 7.66. The number of aromatic nitrogens is 1. The van der Waals surface area contributed by atoms with Crippen molar-refractivity contribution < 1.29 is 9.21 Å². The van der Waals surface area contributed by atoms with Crippen molar-refractivity contribution in [1.29, 1.82) is 0 Å². The van der Waals surface area contributed by atoms with E-state index < -0.39 is 0 Å². The summed E-state index contributed by atoms with van der Waals surface area (Å²) in [6, 6.07) is 5.83. The number of carbonyl (C=O) groups excluding carboxylic acids is 1. The van der Waals surface area contributed by atoms with E-state index in [9.17, 15) is 4.79 Å².